The molecule has 0 saturated carbocycles. The van der Waals surface area contributed by atoms with Gasteiger partial charge >= 0.3 is 5.97 Å². The van der Waals surface area contributed by atoms with Crippen LogP contribution < -0.4 is 10.6 Å². The smallest absolute Gasteiger partial charge is 0.338 e. The van der Waals surface area contributed by atoms with Crippen molar-refractivity contribution in [3.8, 4) is 6.07 Å². The van der Waals surface area contributed by atoms with Crippen LogP contribution in [-0.2, 0) is 9.53 Å². The summed E-state index contributed by atoms with van der Waals surface area (Å²) in [4.78, 5) is 23.9. The second-order valence-electron chi connectivity index (χ2n) is 6.34. The van der Waals surface area contributed by atoms with Gasteiger partial charge in [-0.15, -0.1) is 0 Å². The summed E-state index contributed by atoms with van der Waals surface area (Å²) in [6.07, 6.45) is 1.33. The molecule has 0 aliphatic carbocycles. The van der Waals surface area contributed by atoms with Gasteiger partial charge in [0.15, 0.2) is 0 Å². The second kappa shape index (κ2) is 9.93. The first-order chi connectivity index (χ1) is 13.4. The topological polar surface area (TPSA) is 91.2 Å². The van der Waals surface area contributed by atoms with Gasteiger partial charge in [-0.05, 0) is 54.8 Å². The van der Waals surface area contributed by atoms with Crippen LogP contribution in [0.25, 0.3) is 0 Å². The van der Waals surface area contributed by atoms with Gasteiger partial charge in [-0.3, -0.25) is 4.79 Å². The van der Waals surface area contributed by atoms with Crippen LogP contribution >= 0.6 is 0 Å². The lowest BCUT2D eigenvalue weighted by molar-refractivity contribution is -0.112. The average molecular weight is 377 g/mol. The zero-order valence-electron chi connectivity index (χ0n) is 16.2. The molecule has 0 aliphatic rings. The van der Waals surface area contributed by atoms with Crippen LogP contribution in [0.5, 0.6) is 0 Å². The van der Waals surface area contributed by atoms with Crippen LogP contribution in [0.15, 0.2) is 60.3 Å². The summed E-state index contributed by atoms with van der Waals surface area (Å²) in [5.74, 6) is -0.501. The first kappa shape index (κ1) is 20.7. The van der Waals surface area contributed by atoms with Crippen LogP contribution in [0.3, 0.4) is 0 Å². The Morgan fingerprint density at radius 3 is 2.21 bits per heavy atom. The van der Waals surface area contributed by atoms with Gasteiger partial charge < -0.3 is 15.4 Å². The normalized spacial score (nSPS) is 10.9. The molecular formula is C22H23N3O3. The number of anilines is 2. The van der Waals surface area contributed by atoms with Crippen molar-refractivity contribution in [2.45, 2.75) is 26.7 Å². The standard InChI is InChI=1S/C22H23N3O3/c1-4-28-22(27)17-7-9-19(10-8-17)24-14-18(13-23)21(26)25-20-11-5-16(6-12-20)15(2)3/h5-12,14-15,24H,4H2,1-3H3,(H,25,26)/b18-14-. The maximum atomic E-state index is 12.3. The summed E-state index contributed by atoms with van der Waals surface area (Å²) in [5, 5.41) is 14.9. The van der Waals surface area contributed by atoms with Crippen molar-refractivity contribution in [2.24, 2.45) is 0 Å². The Morgan fingerprint density at radius 1 is 1.07 bits per heavy atom. The van der Waals surface area contributed by atoms with Gasteiger partial charge in [-0.2, -0.15) is 5.26 Å². The Morgan fingerprint density at radius 2 is 1.68 bits per heavy atom. The van der Waals surface area contributed by atoms with E-state index in [1.807, 2.05) is 30.3 Å². The maximum absolute atomic E-state index is 12.3. The molecule has 0 saturated heterocycles. The minimum absolute atomic E-state index is 0.0672. The van der Waals surface area contributed by atoms with E-state index >= 15 is 0 Å². The van der Waals surface area contributed by atoms with Gasteiger partial charge in [0.2, 0.25) is 0 Å². The van der Waals surface area contributed by atoms with Crippen LogP contribution in [-0.4, -0.2) is 18.5 Å². The summed E-state index contributed by atoms with van der Waals surface area (Å²) in [7, 11) is 0. The van der Waals surface area contributed by atoms with Gasteiger partial charge in [-0.1, -0.05) is 26.0 Å². The van der Waals surface area contributed by atoms with E-state index in [0.717, 1.165) is 0 Å². The molecule has 0 aliphatic heterocycles. The van der Waals surface area contributed by atoms with E-state index in [1.165, 1.54) is 11.8 Å². The van der Waals surface area contributed by atoms with Crippen molar-refractivity contribution in [2.75, 3.05) is 17.2 Å². The first-order valence-electron chi connectivity index (χ1n) is 9.00. The average Bonchev–Trinajstić information content (AvgIpc) is 2.69. The third-order valence-electron chi connectivity index (χ3n) is 3.98. The van der Waals surface area contributed by atoms with E-state index in [4.69, 9.17) is 4.74 Å². The van der Waals surface area contributed by atoms with Crippen molar-refractivity contribution in [1.29, 1.82) is 5.26 Å². The van der Waals surface area contributed by atoms with Crippen molar-refractivity contribution in [3.63, 3.8) is 0 Å². The van der Waals surface area contributed by atoms with Crippen LogP contribution in [0.1, 0.15) is 42.6 Å². The highest BCUT2D eigenvalue weighted by Gasteiger charge is 2.10. The minimum atomic E-state index is -0.504. The van der Waals surface area contributed by atoms with E-state index < -0.39 is 11.9 Å². The highest BCUT2D eigenvalue weighted by Crippen LogP contribution is 2.18. The van der Waals surface area contributed by atoms with Gasteiger partial charge in [0.05, 0.1) is 12.2 Å². The van der Waals surface area contributed by atoms with E-state index in [2.05, 4.69) is 24.5 Å². The number of hydrogen-bond acceptors (Lipinski definition) is 5. The molecule has 2 N–H and O–H groups in total. The number of nitrogens with one attached hydrogen (secondary N) is 2. The fourth-order valence-corrected chi connectivity index (χ4v) is 2.37. The molecule has 6 nitrogen and oxygen atoms in total. The maximum Gasteiger partial charge on any atom is 0.338 e. The van der Waals surface area contributed by atoms with Crippen molar-refractivity contribution in [3.05, 3.63) is 71.4 Å². The third-order valence-corrected chi connectivity index (χ3v) is 3.98. The number of benzene rings is 2. The lowest BCUT2D eigenvalue weighted by Crippen LogP contribution is -2.14. The summed E-state index contributed by atoms with van der Waals surface area (Å²) in [6.45, 7) is 6.23. The fraction of sp³-hybridized carbons (Fsp3) is 0.227. The second-order valence-corrected chi connectivity index (χ2v) is 6.34. The zero-order chi connectivity index (χ0) is 20.5. The largest absolute Gasteiger partial charge is 0.462 e. The van der Waals surface area contributed by atoms with Crippen molar-refractivity contribution in [1.82, 2.24) is 0 Å². The van der Waals surface area contributed by atoms with Gasteiger partial charge in [0, 0.05) is 17.6 Å². The summed E-state index contributed by atoms with van der Waals surface area (Å²) < 4.78 is 4.92. The number of carbonyl (C=O) groups excluding carboxylic acids is 2. The van der Waals surface area contributed by atoms with E-state index in [9.17, 15) is 14.9 Å². The zero-order valence-corrected chi connectivity index (χ0v) is 16.2. The Kier molecular flexibility index (Phi) is 7.35. The molecule has 144 valence electrons. The molecule has 0 bridgehead atoms. The molecule has 0 heterocycles. The molecule has 28 heavy (non-hydrogen) atoms. The third kappa shape index (κ3) is 5.71. The van der Waals surface area contributed by atoms with E-state index in [1.54, 1.807) is 31.2 Å². The number of nitriles is 1. The van der Waals surface area contributed by atoms with Crippen molar-refractivity contribution < 1.29 is 14.3 Å². The first-order valence-corrected chi connectivity index (χ1v) is 9.00. The predicted octanol–water partition coefficient (Wildman–Crippen LogP) is 4.44. The lowest BCUT2D eigenvalue weighted by atomic mass is 10.0. The Balaban J connectivity index is 2.01. The number of carbonyl (C=O) groups is 2. The molecule has 2 aromatic carbocycles. The van der Waals surface area contributed by atoms with Gasteiger partial charge in [0.1, 0.15) is 11.6 Å². The summed E-state index contributed by atoms with van der Waals surface area (Å²) in [5.41, 5.74) is 2.79. The molecule has 2 rings (SSSR count). The highest BCUT2D eigenvalue weighted by atomic mass is 16.5. The molecule has 0 radical (unpaired) electrons. The fourth-order valence-electron chi connectivity index (χ4n) is 2.37. The molecule has 0 atom stereocenters. The summed E-state index contributed by atoms with van der Waals surface area (Å²) >= 11 is 0. The number of nitrogens with zero attached hydrogens (tertiary/aromatic N) is 1. The number of rotatable bonds is 7. The molecule has 0 aromatic heterocycles. The number of esters is 1. The van der Waals surface area contributed by atoms with E-state index in [0.29, 0.717) is 29.5 Å². The Hall–Kier alpha value is -3.59. The number of hydrogen-bond donors (Lipinski definition) is 2. The summed E-state index contributed by atoms with van der Waals surface area (Å²) in [6, 6.07) is 15.9. The lowest BCUT2D eigenvalue weighted by Gasteiger charge is -2.08. The highest BCUT2D eigenvalue weighted by molar-refractivity contribution is 6.06. The molecule has 1 amide bonds. The van der Waals surface area contributed by atoms with Gasteiger partial charge in [0.25, 0.3) is 5.91 Å². The molecule has 2 aromatic rings. The predicted molar refractivity (Wildman–Crippen MR) is 109 cm³/mol. The minimum Gasteiger partial charge on any atom is -0.462 e. The SMILES string of the molecule is CCOC(=O)c1ccc(N/C=C(/C#N)C(=O)Nc2ccc(C(C)C)cc2)cc1. The van der Waals surface area contributed by atoms with Crippen molar-refractivity contribution >= 4 is 23.3 Å². The molecule has 6 heteroatoms. The number of ether oxygens (including phenoxy) is 1. The van der Waals surface area contributed by atoms with E-state index in [-0.39, 0.29) is 5.57 Å². The Bertz CT molecular complexity index is 892. The number of amides is 1. The Labute approximate surface area is 164 Å². The molecule has 0 spiro atoms. The quantitative estimate of drug-likeness (QED) is 0.423. The molecular weight excluding hydrogens is 354 g/mol. The van der Waals surface area contributed by atoms with Crippen LogP contribution in [0, 0.1) is 11.3 Å². The molecule has 0 fully saturated rings. The monoisotopic (exact) mass is 377 g/mol. The molecule has 0 unspecified atom stereocenters. The van der Waals surface area contributed by atoms with Crippen LogP contribution in [0.2, 0.25) is 0 Å². The van der Waals surface area contributed by atoms with Gasteiger partial charge in [-0.25, -0.2) is 4.79 Å². The van der Waals surface area contributed by atoms with Crippen LogP contribution in [0.4, 0.5) is 11.4 Å².